The Bertz CT molecular complexity index is 805. The molecule has 140 valence electrons. The van der Waals surface area contributed by atoms with E-state index in [0.717, 1.165) is 9.87 Å². The number of nitrogens with zero attached hydrogens (tertiary/aromatic N) is 1. The molecule has 0 spiro atoms. The lowest BCUT2D eigenvalue weighted by Crippen LogP contribution is -2.37. The van der Waals surface area contributed by atoms with E-state index in [1.807, 2.05) is 30.3 Å². The van der Waals surface area contributed by atoms with Gasteiger partial charge in [0.25, 0.3) is 0 Å². The highest BCUT2D eigenvalue weighted by Gasteiger charge is 2.24. The van der Waals surface area contributed by atoms with Gasteiger partial charge in [-0.3, -0.25) is 9.10 Å². The Hall–Kier alpha value is -2.58. The minimum atomic E-state index is -3.84. The maximum atomic E-state index is 12.5. The fraction of sp³-hybridized carbons (Fsp3) is 0.278. The molecule has 7 nitrogen and oxygen atoms in total. The Morgan fingerprint density at radius 3 is 2.31 bits per heavy atom. The van der Waals surface area contributed by atoms with E-state index in [0.29, 0.717) is 6.61 Å². The SMILES string of the molecule is O=C(O)CN(c1ccc(O)cc1)S(=O)(=O)CCCOCc1ccccc1. The zero-order chi connectivity index (χ0) is 19.0. The number of hydrogen-bond acceptors (Lipinski definition) is 5. The van der Waals surface area contributed by atoms with Gasteiger partial charge in [0.2, 0.25) is 10.0 Å². The first-order valence-electron chi connectivity index (χ1n) is 8.01. The van der Waals surface area contributed by atoms with Gasteiger partial charge in [0, 0.05) is 6.61 Å². The average molecular weight is 379 g/mol. The number of phenols is 1. The molecule has 0 amide bonds. The van der Waals surface area contributed by atoms with Gasteiger partial charge in [0.15, 0.2) is 0 Å². The van der Waals surface area contributed by atoms with Crippen LogP contribution in [0.15, 0.2) is 54.6 Å². The van der Waals surface area contributed by atoms with E-state index in [9.17, 15) is 18.3 Å². The molecule has 2 aromatic carbocycles. The van der Waals surface area contributed by atoms with E-state index < -0.39 is 22.5 Å². The van der Waals surface area contributed by atoms with Crippen molar-refractivity contribution in [2.45, 2.75) is 13.0 Å². The summed E-state index contributed by atoms with van der Waals surface area (Å²) in [5.41, 5.74) is 1.18. The monoisotopic (exact) mass is 379 g/mol. The van der Waals surface area contributed by atoms with Crippen molar-refractivity contribution in [2.24, 2.45) is 0 Å². The number of rotatable bonds is 10. The van der Waals surface area contributed by atoms with E-state index in [4.69, 9.17) is 9.84 Å². The molecular formula is C18H21NO6S. The summed E-state index contributed by atoms with van der Waals surface area (Å²) in [5.74, 6) is -1.53. The number of carboxylic acids is 1. The molecule has 0 aliphatic heterocycles. The third-order valence-corrected chi connectivity index (χ3v) is 5.37. The highest BCUT2D eigenvalue weighted by Crippen LogP contribution is 2.21. The van der Waals surface area contributed by atoms with Crippen molar-refractivity contribution < 1.29 is 28.2 Å². The molecule has 0 atom stereocenters. The van der Waals surface area contributed by atoms with Crippen LogP contribution in [0, 0.1) is 0 Å². The number of anilines is 1. The van der Waals surface area contributed by atoms with Crippen molar-refractivity contribution in [3.05, 3.63) is 60.2 Å². The average Bonchev–Trinajstić information content (AvgIpc) is 2.61. The molecule has 2 aromatic rings. The van der Waals surface area contributed by atoms with Gasteiger partial charge in [0.05, 0.1) is 18.0 Å². The summed E-state index contributed by atoms with van der Waals surface area (Å²) in [7, 11) is -3.84. The topological polar surface area (TPSA) is 104 Å². The molecule has 0 aliphatic rings. The van der Waals surface area contributed by atoms with E-state index in [1.54, 1.807) is 0 Å². The maximum absolute atomic E-state index is 12.5. The lowest BCUT2D eigenvalue weighted by molar-refractivity contribution is -0.135. The van der Waals surface area contributed by atoms with E-state index in [-0.39, 0.29) is 30.2 Å². The van der Waals surface area contributed by atoms with Gasteiger partial charge < -0.3 is 14.9 Å². The largest absolute Gasteiger partial charge is 0.508 e. The van der Waals surface area contributed by atoms with Crippen molar-refractivity contribution >= 4 is 21.7 Å². The summed E-state index contributed by atoms with van der Waals surface area (Å²) in [6, 6.07) is 14.9. The lowest BCUT2D eigenvalue weighted by atomic mass is 10.2. The number of phenolic OH excluding ortho intramolecular Hbond substituents is 1. The van der Waals surface area contributed by atoms with Crippen molar-refractivity contribution in [3.63, 3.8) is 0 Å². The van der Waals surface area contributed by atoms with Gasteiger partial charge in [-0.1, -0.05) is 30.3 Å². The van der Waals surface area contributed by atoms with Crippen LogP contribution in [0.2, 0.25) is 0 Å². The molecule has 2 N–H and O–H groups in total. The molecule has 26 heavy (non-hydrogen) atoms. The van der Waals surface area contributed by atoms with E-state index in [2.05, 4.69) is 0 Å². The highest BCUT2D eigenvalue weighted by molar-refractivity contribution is 7.92. The molecule has 8 heteroatoms. The number of aromatic hydroxyl groups is 1. The van der Waals surface area contributed by atoms with Crippen molar-refractivity contribution in [3.8, 4) is 5.75 Å². The molecule has 0 unspecified atom stereocenters. The Labute approximate surface area is 152 Å². The second-order valence-electron chi connectivity index (χ2n) is 5.62. The highest BCUT2D eigenvalue weighted by atomic mass is 32.2. The number of benzene rings is 2. The maximum Gasteiger partial charge on any atom is 0.324 e. The van der Waals surface area contributed by atoms with Crippen LogP contribution in [0.1, 0.15) is 12.0 Å². The Morgan fingerprint density at radius 1 is 1.04 bits per heavy atom. The van der Waals surface area contributed by atoms with Crippen LogP contribution in [0.4, 0.5) is 5.69 Å². The van der Waals surface area contributed by atoms with E-state index in [1.165, 1.54) is 24.3 Å². The van der Waals surface area contributed by atoms with Gasteiger partial charge in [-0.2, -0.15) is 0 Å². The van der Waals surface area contributed by atoms with Gasteiger partial charge in [-0.25, -0.2) is 8.42 Å². The van der Waals surface area contributed by atoms with Gasteiger partial charge in [0.1, 0.15) is 12.3 Å². The van der Waals surface area contributed by atoms with E-state index >= 15 is 0 Å². The molecule has 0 saturated carbocycles. The molecule has 0 radical (unpaired) electrons. The third-order valence-electron chi connectivity index (χ3n) is 3.55. The van der Waals surface area contributed by atoms with Crippen LogP contribution in [-0.2, 0) is 26.2 Å². The zero-order valence-corrected chi connectivity index (χ0v) is 14.9. The summed E-state index contributed by atoms with van der Waals surface area (Å²) < 4.78 is 31.3. The molecule has 2 rings (SSSR count). The fourth-order valence-electron chi connectivity index (χ4n) is 2.31. The molecule has 0 heterocycles. The molecule has 0 bridgehead atoms. The number of sulfonamides is 1. The second kappa shape index (κ2) is 9.21. The van der Waals surface area contributed by atoms with Crippen molar-refractivity contribution in [1.82, 2.24) is 0 Å². The summed E-state index contributed by atoms with van der Waals surface area (Å²) >= 11 is 0. The standard InChI is InChI=1S/C18H21NO6S/c20-17-9-7-16(8-10-17)19(13-18(21)22)26(23,24)12-4-11-25-14-15-5-2-1-3-6-15/h1-3,5-10,20H,4,11-14H2,(H,21,22). The van der Waals surface area contributed by atoms with Gasteiger partial charge in [-0.05, 0) is 36.2 Å². The molecule has 0 saturated heterocycles. The lowest BCUT2D eigenvalue weighted by Gasteiger charge is -2.22. The zero-order valence-electron chi connectivity index (χ0n) is 14.1. The normalized spacial score (nSPS) is 11.2. The number of ether oxygens (including phenoxy) is 1. The fourth-order valence-corrected chi connectivity index (χ4v) is 3.76. The predicted molar refractivity (Wildman–Crippen MR) is 97.6 cm³/mol. The van der Waals surface area contributed by atoms with Crippen LogP contribution < -0.4 is 4.31 Å². The first-order chi connectivity index (χ1) is 12.4. The first kappa shape index (κ1) is 19.7. The summed E-state index contributed by atoms with van der Waals surface area (Å²) in [6.45, 7) is -0.0553. The third kappa shape index (κ3) is 6.05. The van der Waals surface area contributed by atoms with Crippen LogP contribution in [0.5, 0.6) is 5.75 Å². The van der Waals surface area contributed by atoms with Crippen LogP contribution in [-0.4, -0.2) is 43.5 Å². The van der Waals surface area contributed by atoms with Crippen LogP contribution in [0.25, 0.3) is 0 Å². The Balaban J connectivity index is 1.93. The quantitative estimate of drug-likeness (QED) is 0.614. The number of aliphatic carboxylic acids is 1. The summed E-state index contributed by atoms with van der Waals surface area (Å²) in [6.07, 6.45) is 0.239. The van der Waals surface area contributed by atoms with Gasteiger partial charge >= 0.3 is 5.97 Å². The number of hydrogen-bond donors (Lipinski definition) is 2. The minimum absolute atomic E-state index is 0.0317. The number of carboxylic acid groups (broad SMARTS) is 1. The molecule has 0 fully saturated rings. The summed E-state index contributed by atoms with van der Waals surface area (Å²) in [4.78, 5) is 11.0. The summed E-state index contributed by atoms with van der Waals surface area (Å²) in [5, 5.41) is 18.3. The van der Waals surface area contributed by atoms with Crippen molar-refractivity contribution in [1.29, 1.82) is 0 Å². The van der Waals surface area contributed by atoms with Crippen LogP contribution >= 0.6 is 0 Å². The first-order valence-corrected chi connectivity index (χ1v) is 9.62. The Kier molecular flexibility index (Phi) is 6.99. The Morgan fingerprint density at radius 2 is 1.69 bits per heavy atom. The number of carbonyl (C=O) groups is 1. The van der Waals surface area contributed by atoms with Crippen molar-refractivity contribution in [2.75, 3.05) is 23.2 Å². The minimum Gasteiger partial charge on any atom is -0.508 e. The molecule has 0 aromatic heterocycles. The molecular weight excluding hydrogens is 358 g/mol. The van der Waals surface area contributed by atoms with Crippen LogP contribution in [0.3, 0.4) is 0 Å². The van der Waals surface area contributed by atoms with Gasteiger partial charge in [-0.15, -0.1) is 0 Å². The molecule has 0 aliphatic carbocycles. The smallest absolute Gasteiger partial charge is 0.324 e. The predicted octanol–water partition coefficient (Wildman–Crippen LogP) is 2.22. The second-order valence-corrected chi connectivity index (χ2v) is 7.64.